The molecular weight excluding hydrogens is 242 g/mol. The highest BCUT2D eigenvalue weighted by Crippen LogP contribution is 2.22. The van der Waals surface area contributed by atoms with Crippen LogP contribution in [0.1, 0.15) is 24.9 Å². The second-order valence-corrected chi connectivity index (χ2v) is 4.36. The van der Waals surface area contributed by atoms with Crippen LogP contribution in [0.5, 0.6) is 5.75 Å². The van der Waals surface area contributed by atoms with Gasteiger partial charge in [-0.2, -0.15) is 5.26 Å². The molecule has 0 saturated carbocycles. The Bertz CT molecular complexity index is 478. The number of benzene rings is 1. The molecule has 1 heterocycles. The topological polar surface area (TPSA) is 65.4 Å². The van der Waals surface area contributed by atoms with E-state index in [0.29, 0.717) is 26.1 Å². The van der Waals surface area contributed by atoms with Gasteiger partial charge in [-0.25, -0.2) is 4.79 Å². The minimum atomic E-state index is -0.103. The fourth-order valence-corrected chi connectivity index (χ4v) is 2.12. The fourth-order valence-electron chi connectivity index (χ4n) is 2.12. The van der Waals surface area contributed by atoms with Gasteiger partial charge in [-0.1, -0.05) is 12.1 Å². The third kappa shape index (κ3) is 3.16. The summed E-state index contributed by atoms with van der Waals surface area (Å²) < 4.78 is 5.39. The van der Waals surface area contributed by atoms with Crippen LogP contribution >= 0.6 is 0 Å². The highest BCUT2D eigenvalue weighted by molar-refractivity contribution is 5.77. The number of nitrogens with zero attached hydrogens (tertiary/aromatic N) is 2. The summed E-state index contributed by atoms with van der Waals surface area (Å²) >= 11 is 0. The maximum Gasteiger partial charge on any atom is 0.318 e. The summed E-state index contributed by atoms with van der Waals surface area (Å²) in [5.41, 5.74) is 1.05. The SMILES string of the molecule is CCOc1ccc(C2CN(CCC#N)C(=O)N2)cc1. The van der Waals surface area contributed by atoms with Crippen LogP contribution in [0.25, 0.3) is 0 Å². The summed E-state index contributed by atoms with van der Waals surface area (Å²) in [6.07, 6.45) is 0.365. The summed E-state index contributed by atoms with van der Waals surface area (Å²) in [6, 6.07) is 9.67. The van der Waals surface area contributed by atoms with E-state index in [4.69, 9.17) is 10.00 Å². The van der Waals surface area contributed by atoms with Crippen molar-refractivity contribution < 1.29 is 9.53 Å². The third-order valence-corrected chi connectivity index (χ3v) is 3.07. The van der Waals surface area contributed by atoms with Crippen molar-refractivity contribution in [2.24, 2.45) is 0 Å². The first-order valence-electron chi connectivity index (χ1n) is 6.39. The minimum Gasteiger partial charge on any atom is -0.494 e. The van der Waals surface area contributed by atoms with Crippen molar-refractivity contribution >= 4 is 6.03 Å². The highest BCUT2D eigenvalue weighted by atomic mass is 16.5. The number of urea groups is 1. The number of hydrogen-bond acceptors (Lipinski definition) is 3. The largest absolute Gasteiger partial charge is 0.494 e. The number of amides is 2. The molecule has 0 aromatic heterocycles. The number of ether oxygens (including phenoxy) is 1. The van der Waals surface area contributed by atoms with E-state index in [-0.39, 0.29) is 12.1 Å². The lowest BCUT2D eigenvalue weighted by Crippen LogP contribution is -2.28. The zero-order chi connectivity index (χ0) is 13.7. The van der Waals surface area contributed by atoms with Gasteiger partial charge in [-0.05, 0) is 24.6 Å². The lowest BCUT2D eigenvalue weighted by Gasteiger charge is -2.13. The molecule has 0 bridgehead atoms. The van der Waals surface area contributed by atoms with E-state index in [0.717, 1.165) is 11.3 Å². The van der Waals surface area contributed by atoms with Crippen LogP contribution in [-0.4, -0.2) is 30.6 Å². The summed E-state index contributed by atoms with van der Waals surface area (Å²) in [6.45, 7) is 3.67. The van der Waals surface area contributed by atoms with Crippen molar-refractivity contribution in [1.29, 1.82) is 5.26 Å². The third-order valence-electron chi connectivity index (χ3n) is 3.07. The van der Waals surface area contributed by atoms with Gasteiger partial charge in [0.15, 0.2) is 0 Å². The van der Waals surface area contributed by atoms with E-state index in [1.807, 2.05) is 31.2 Å². The van der Waals surface area contributed by atoms with E-state index in [9.17, 15) is 4.79 Å². The van der Waals surface area contributed by atoms with Gasteiger partial charge in [-0.15, -0.1) is 0 Å². The maximum atomic E-state index is 11.7. The van der Waals surface area contributed by atoms with Crippen molar-refractivity contribution in [2.75, 3.05) is 19.7 Å². The zero-order valence-electron chi connectivity index (χ0n) is 10.9. The van der Waals surface area contributed by atoms with Crippen molar-refractivity contribution in [1.82, 2.24) is 10.2 Å². The first kappa shape index (κ1) is 13.2. The quantitative estimate of drug-likeness (QED) is 0.880. The molecule has 1 aromatic carbocycles. The second-order valence-electron chi connectivity index (χ2n) is 4.36. The Morgan fingerprint density at radius 2 is 2.21 bits per heavy atom. The number of hydrogen-bond donors (Lipinski definition) is 1. The Kier molecular flexibility index (Phi) is 4.24. The maximum absolute atomic E-state index is 11.7. The Labute approximate surface area is 112 Å². The smallest absolute Gasteiger partial charge is 0.318 e. The second kappa shape index (κ2) is 6.10. The average Bonchev–Trinajstić information content (AvgIpc) is 2.79. The number of nitrogens with one attached hydrogen (secondary N) is 1. The molecule has 2 amide bonds. The molecule has 1 aliphatic heterocycles. The van der Waals surface area contributed by atoms with Gasteiger partial charge >= 0.3 is 6.03 Å². The standard InChI is InChI=1S/C14H17N3O2/c1-2-19-12-6-4-11(5-7-12)13-10-17(9-3-8-15)14(18)16-13/h4-7,13H,2-3,9-10H2,1H3,(H,16,18). The predicted molar refractivity (Wildman–Crippen MR) is 70.7 cm³/mol. The van der Waals surface area contributed by atoms with E-state index < -0.39 is 0 Å². The van der Waals surface area contributed by atoms with Crippen molar-refractivity contribution in [2.45, 2.75) is 19.4 Å². The molecule has 2 rings (SSSR count). The monoisotopic (exact) mass is 259 g/mol. The number of carbonyl (C=O) groups is 1. The molecule has 1 fully saturated rings. The Morgan fingerprint density at radius 3 is 2.84 bits per heavy atom. The van der Waals surface area contributed by atoms with E-state index in [2.05, 4.69) is 11.4 Å². The first-order valence-corrected chi connectivity index (χ1v) is 6.39. The van der Waals surface area contributed by atoms with E-state index in [1.54, 1.807) is 4.90 Å². The molecule has 1 atom stereocenters. The lowest BCUT2D eigenvalue weighted by molar-refractivity contribution is 0.218. The molecule has 5 heteroatoms. The van der Waals surface area contributed by atoms with Crippen molar-refractivity contribution in [3.8, 4) is 11.8 Å². The lowest BCUT2D eigenvalue weighted by atomic mass is 10.1. The van der Waals surface area contributed by atoms with Gasteiger partial charge in [0.25, 0.3) is 0 Å². The Hall–Kier alpha value is -2.22. The van der Waals surface area contributed by atoms with E-state index >= 15 is 0 Å². The zero-order valence-corrected chi connectivity index (χ0v) is 10.9. The van der Waals surface area contributed by atoms with Gasteiger partial charge in [-0.3, -0.25) is 0 Å². The average molecular weight is 259 g/mol. The van der Waals surface area contributed by atoms with Crippen LogP contribution in [0.2, 0.25) is 0 Å². The number of carbonyl (C=O) groups excluding carboxylic acids is 1. The predicted octanol–water partition coefficient (Wildman–Crippen LogP) is 2.07. The van der Waals surface area contributed by atoms with Gasteiger partial charge in [0.05, 0.1) is 25.1 Å². The van der Waals surface area contributed by atoms with E-state index in [1.165, 1.54) is 0 Å². The van der Waals surface area contributed by atoms with Crippen LogP contribution in [0.3, 0.4) is 0 Å². The van der Waals surface area contributed by atoms with Gasteiger partial charge in [0.1, 0.15) is 5.75 Å². The summed E-state index contributed by atoms with van der Waals surface area (Å²) in [5.74, 6) is 0.830. The summed E-state index contributed by atoms with van der Waals surface area (Å²) in [5, 5.41) is 11.5. The Balaban J connectivity index is 1.99. The Morgan fingerprint density at radius 1 is 1.47 bits per heavy atom. The normalized spacial score (nSPS) is 18.0. The molecule has 1 aliphatic rings. The summed E-state index contributed by atoms with van der Waals surface area (Å²) in [7, 11) is 0. The van der Waals surface area contributed by atoms with Gasteiger partial charge in [0.2, 0.25) is 0 Å². The summed E-state index contributed by atoms with van der Waals surface area (Å²) in [4.78, 5) is 13.4. The molecular formula is C14H17N3O2. The van der Waals surface area contributed by atoms with Crippen LogP contribution in [0.4, 0.5) is 4.79 Å². The molecule has 1 N–H and O–H groups in total. The molecule has 19 heavy (non-hydrogen) atoms. The highest BCUT2D eigenvalue weighted by Gasteiger charge is 2.29. The molecule has 1 unspecified atom stereocenters. The number of nitriles is 1. The van der Waals surface area contributed by atoms with Gasteiger partial charge < -0.3 is 15.0 Å². The van der Waals surface area contributed by atoms with Crippen LogP contribution < -0.4 is 10.1 Å². The van der Waals surface area contributed by atoms with Crippen LogP contribution in [0, 0.1) is 11.3 Å². The van der Waals surface area contributed by atoms with Crippen LogP contribution in [-0.2, 0) is 0 Å². The fraction of sp³-hybridized carbons (Fsp3) is 0.429. The molecule has 0 aliphatic carbocycles. The molecule has 1 saturated heterocycles. The first-order chi connectivity index (χ1) is 9.24. The number of rotatable bonds is 5. The van der Waals surface area contributed by atoms with Crippen LogP contribution in [0.15, 0.2) is 24.3 Å². The molecule has 5 nitrogen and oxygen atoms in total. The molecule has 100 valence electrons. The molecule has 0 spiro atoms. The molecule has 0 radical (unpaired) electrons. The molecule has 1 aromatic rings. The van der Waals surface area contributed by atoms with Crippen molar-refractivity contribution in [3.05, 3.63) is 29.8 Å². The van der Waals surface area contributed by atoms with Crippen molar-refractivity contribution in [3.63, 3.8) is 0 Å². The van der Waals surface area contributed by atoms with Gasteiger partial charge in [0, 0.05) is 13.1 Å². The minimum absolute atomic E-state index is 0.0122.